The average Bonchev–Trinajstić information content (AvgIpc) is 3.28. The number of primary amides is 1. The lowest BCUT2D eigenvalue weighted by Crippen LogP contribution is -2.19. The molecule has 0 spiro atoms. The SMILES string of the molecule is CC(=O)Nc1cccc(-c2c[nH]c(C=C3C(=O)Nc4ccc(NC(N)=O)cc43)c2)c1C. The van der Waals surface area contributed by atoms with E-state index in [-0.39, 0.29) is 11.8 Å². The maximum Gasteiger partial charge on any atom is 0.316 e. The Bertz CT molecular complexity index is 1260. The van der Waals surface area contributed by atoms with Gasteiger partial charge in [-0.05, 0) is 54.5 Å². The summed E-state index contributed by atoms with van der Waals surface area (Å²) in [7, 11) is 0. The third-order valence-corrected chi connectivity index (χ3v) is 5.03. The van der Waals surface area contributed by atoms with Crippen LogP contribution < -0.4 is 21.7 Å². The first-order valence-electron chi connectivity index (χ1n) is 9.62. The molecule has 8 heteroatoms. The highest BCUT2D eigenvalue weighted by Gasteiger charge is 2.24. The molecule has 1 aliphatic rings. The summed E-state index contributed by atoms with van der Waals surface area (Å²) in [6.45, 7) is 3.42. The molecule has 6 N–H and O–H groups in total. The summed E-state index contributed by atoms with van der Waals surface area (Å²) in [6, 6.07) is 12.1. The summed E-state index contributed by atoms with van der Waals surface area (Å²) in [5, 5.41) is 8.17. The van der Waals surface area contributed by atoms with Gasteiger partial charge in [0.2, 0.25) is 5.91 Å². The Hall–Kier alpha value is -4.33. The van der Waals surface area contributed by atoms with Crippen molar-refractivity contribution in [3.8, 4) is 11.1 Å². The monoisotopic (exact) mass is 415 g/mol. The standard InChI is InChI=1S/C23H21N5O3/c1-12-17(4-3-5-20(12)26-13(2)29)14-8-16(25-11-14)10-19-18-9-15(27-23(24)31)6-7-21(18)28-22(19)30/h3-11,25H,1-2H3,(H,26,29)(H,28,30)(H3,24,27,31). The molecule has 31 heavy (non-hydrogen) atoms. The van der Waals surface area contributed by atoms with Gasteiger partial charge in [-0.25, -0.2) is 4.79 Å². The number of nitrogens with one attached hydrogen (secondary N) is 4. The Labute approximate surface area is 178 Å². The fourth-order valence-electron chi connectivity index (χ4n) is 3.63. The molecule has 3 aromatic rings. The first-order valence-corrected chi connectivity index (χ1v) is 9.62. The predicted molar refractivity (Wildman–Crippen MR) is 121 cm³/mol. The number of hydrogen-bond acceptors (Lipinski definition) is 3. The first-order chi connectivity index (χ1) is 14.8. The zero-order valence-corrected chi connectivity index (χ0v) is 17.0. The Kier molecular flexibility index (Phi) is 5.04. The van der Waals surface area contributed by atoms with E-state index in [1.54, 1.807) is 24.3 Å². The normalized spacial score (nSPS) is 13.6. The Morgan fingerprint density at radius 1 is 1.06 bits per heavy atom. The number of aromatic nitrogens is 1. The largest absolute Gasteiger partial charge is 0.361 e. The number of hydrogen-bond donors (Lipinski definition) is 5. The van der Waals surface area contributed by atoms with Crippen LogP contribution in [0.15, 0.2) is 48.7 Å². The van der Waals surface area contributed by atoms with Crippen molar-refractivity contribution in [2.24, 2.45) is 5.73 Å². The highest BCUT2D eigenvalue weighted by Crippen LogP contribution is 2.36. The van der Waals surface area contributed by atoms with Crippen LogP contribution in [0.5, 0.6) is 0 Å². The predicted octanol–water partition coefficient (Wildman–Crippen LogP) is 3.93. The molecule has 0 aliphatic carbocycles. The third kappa shape index (κ3) is 4.04. The van der Waals surface area contributed by atoms with Crippen molar-refractivity contribution in [1.29, 1.82) is 0 Å². The van der Waals surface area contributed by atoms with Gasteiger partial charge in [-0.2, -0.15) is 0 Å². The molecule has 0 atom stereocenters. The topological polar surface area (TPSA) is 129 Å². The molecule has 4 rings (SSSR count). The number of urea groups is 1. The molecule has 2 aromatic carbocycles. The number of carbonyl (C=O) groups excluding carboxylic acids is 3. The Morgan fingerprint density at radius 2 is 1.87 bits per heavy atom. The highest BCUT2D eigenvalue weighted by atomic mass is 16.2. The third-order valence-electron chi connectivity index (χ3n) is 5.03. The van der Waals surface area contributed by atoms with Gasteiger partial charge in [0.1, 0.15) is 0 Å². The molecular formula is C23H21N5O3. The summed E-state index contributed by atoms with van der Waals surface area (Å²) in [4.78, 5) is 38.3. The summed E-state index contributed by atoms with van der Waals surface area (Å²) in [6.07, 6.45) is 3.61. The van der Waals surface area contributed by atoms with Crippen molar-refractivity contribution in [3.63, 3.8) is 0 Å². The quantitative estimate of drug-likeness (QED) is 0.414. The fraction of sp³-hybridized carbons (Fsp3) is 0.0870. The zero-order chi connectivity index (χ0) is 22.1. The maximum atomic E-state index is 12.5. The molecule has 0 radical (unpaired) electrons. The number of H-pyrrole nitrogens is 1. The molecule has 0 fully saturated rings. The van der Waals surface area contributed by atoms with E-state index in [1.807, 2.05) is 37.4 Å². The molecule has 0 saturated carbocycles. The second-order valence-electron chi connectivity index (χ2n) is 7.26. The molecule has 8 nitrogen and oxygen atoms in total. The number of fused-ring (bicyclic) bond motifs is 1. The number of anilines is 3. The summed E-state index contributed by atoms with van der Waals surface area (Å²) < 4.78 is 0. The van der Waals surface area contributed by atoms with E-state index in [0.29, 0.717) is 22.5 Å². The molecule has 0 bridgehead atoms. The van der Waals surface area contributed by atoms with Crippen molar-refractivity contribution in [1.82, 2.24) is 4.98 Å². The fourth-order valence-corrected chi connectivity index (χ4v) is 3.63. The lowest BCUT2D eigenvalue weighted by atomic mass is 10.0. The van der Waals surface area contributed by atoms with E-state index < -0.39 is 6.03 Å². The van der Waals surface area contributed by atoms with Crippen LogP contribution in [-0.2, 0) is 9.59 Å². The minimum absolute atomic E-state index is 0.129. The van der Waals surface area contributed by atoms with Crippen molar-refractivity contribution >= 4 is 46.6 Å². The Morgan fingerprint density at radius 3 is 2.61 bits per heavy atom. The van der Waals surface area contributed by atoms with Gasteiger partial charge in [0.15, 0.2) is 0 Å². The van der Waals surface area contributed by atoms with Crippen LogP contribution in [0.25, 0.3) is 22.8 Å². The van der Waals surface area contributed by atoms with Crippen LogP contribution in [0.3, 0.4) is 0 Å². The van der Waals surface area contributed by atoms with Gasteiger partial charge in [-0.15, -0.1) is 0 Å². The molecule has 156 valence electrons. The van der Waals surface area contributed by atoms with Gasteiger partial charge in [-0.3, -0.25) is 9.59 Å². The number of aromatic amines is 1. The van der Waals surface area contributed by atoms with Crippen LogP contribution in [0.2, 0.25) is 0 Å². The van der Waals surface area contributed by atoms with Gasteiger partial charge in [-0.1, -0.05) is 12.1 Å². The molecular weight excluding hydrogens is 394 g/mol. The molecule has 1 aliphatic heterocycles. The van der Waals surface area contributed by atoms with Crippen LogP contribution in [0, 0.1) is 6.92 Å². The summed E-state index contributed by atoms with van der Waals surface area (Å²) in [5.41, 5.74) is 11.8. The van der Waals surface area contributed by atoms with Crippen molar-refractivity contribution in [2.45, 2.75) is 13.8 Å². The number of nitrogens with two attached hydrogens (primary N) is 1. The van der Waals surface area contributed by atoms with Crippen LogP contribution >= 0.6 is 0 Å². The second-order valence-corrected chi connectivity index (χ2v) is 7.26. The number of benzene rings is 2. The number of carbonyl (C=O) groups is 3. The number of amides is 4. The minimum atomic E-state index is -0.673. The lowest BCUT2D eigenvalue weighted by Gasteiger charge is -2.10. The second kappa shape index (κ2) is 7.83. The molecule has 1 aromatic heterocycles. The smallest absolute Gasteiger partial charge is 0.316 e. The van der Waals surface area contributed by atoms with Gasteiger partial charge < -0.3 is 26.7 Å². The van der Waals surface area contributed by atoms with E-state index in [4.69, 9.17) is 5.73 Å². The summed E-state index contributed by atoms with van der Waals surface area (Å²) >= 11 is 0. The van der Waals surface area contributed by atoms with E-state index in [0.717, 1.165) is 28.1 Å². The van der Waals surface area contributed by atoms with Gasteiger partial charge in [0, 0.05) is 47.0 Å². The van der Waals surface area contributed by atoms with E-state index in [1.165, 1.54) is 6.92 Å². The minimum Gasteiger partial charge on any atom is -0.361 e. The average molecular weight is 415 g/mol. The first kappa shape index (κ1) is 20.0. The summed E-state index contributed by atoms with van der Waals surface area (Å²) in [5.74, 6) is -0.359. The molecule has 0 unspecified atom stereocenters. The van der Waals surface area contributed by atoms with Gasteiger partial charge in [0.05, 0.1) is 5.57 Å². The van der Waals surface area contributed by atoms with Crippen molar-refractivity contribution in [2.75, 3.05) is 16.0 Å². The van der Waals surface area contributed by atoms with Gasteiger partial charge in [0.25, 0.3) is 5.91 Å². The van der Waals surface area contributed by atoms with Crippen LogP contribution in [-0.4, -0.2) is 22.8 Å². The highest BCUT2D eigenvalue weighted by molar-refractivity contribution is 6.35. The van der Waals surface area contributed by atoms with E-state index >= 15 is 0 Å². The van der Waals surface area contributed by atoms with Crippen molar-refractivity contribution in [3.05, 3.63) is 65.5 Å². The molecule has 4 amide bonds. The number of rotatable bonds is 4. The lowest BCUT2D eigenvalue weighted by molar-refractivity contribution is -0.114. The van der Waals surface area contributed by atoms with Crippen LogP contribution in [0.4, 0.5) is 21.9 Å². The van der Waals surface area contributed by atoms with Crippen LogP contribution in [0.1, 0.15) is 23.7 Å². The maximum absolute atomic E-state index is 12.5. The molecule has 2 heterocycles. The zero-order valence-electron chi connectivity index (χ0n) is 17.0. The van der Waals surface area contributed by atoms with E-state index in [9.17, 15) is 14.4 Å². The molecule has 0 saturated heterocycles. The Balaban J connectivity index is 1.68. The van der Waals surface area contributed by atoms with E-state index in [2.05, 4.69) is 20.9 Å². The van der Waals surface area contributed by atoms with Gasteiger partial charge >= 0.3 is 6.03 Å². The van der Waals surface area contributed by atoms with Crippen molar-refractivity contribution < 1.29 is 14.4 Å².